The lowest BCUT2D eigenvalue weighted by Crippen LogP contribution is -2.38. The number of aliphatic hydroxyl groups excluding tert-OH is 1. The molecule has 1 aromatic rings. The first-order valence-corrected chi connectivity index (χ1v) is 7.50. The van der Waals surface area contributed by atoms with Gasteiger partial charge in [0, 0.05) is 36.3 Å². The number of nitrogens with zero attached hydrogens (tertiary/aromatic N) is 1. The molecular formula is C15H23ClN2O2. The molecule has 1 atom stereocenters. The van der Waals surface area contributed by atoms with Crippen molar-refractivity contribution in [3.63, 3.8) is 0 Å². The van der Waals surface area contributed by atoms with Crippen molar-refractivity contribution in [2.45, 2.75) is 25.4 Å². The molecule has 0 aromatic heterocycles. The topological polar surface area (TPSA) is 44.7 Å². The summed E-state index contributed by atoms with van der Waals surface area (Å²) in [6, 6.07) is 6.20. The van der Waals surface area contributed by atoms with Crippen LogP contribution >= 0.6 is 11.6 Å². The Bertz CT molecular complexity index is 422. The van der Waals surface area contributed by atoms with Crippen LogP contribution in [0.5, 0.6) is 5.75 Å². The van der Waals surface area contributed by atoms with Gasteiger partial charge >= 0.3 is 0 Å². The third-order valence-corrected chi connectivity index (χ3v) is 4.09. The van der Waals surface area contributed by atoms with Crippen LogP contribution in [0.25, 0.3) is 0 Å². The number of halogens is 1. The fraction of sp³-hybridized carbons (Fsp3) is 0.600. The van der Waals surface area contributed by atoms with E-state index in [1.165, 1.54) is 12.8 Å². The molecule has 4 nitrogen and oxygen atoms in total. The molecule has 5 heteroatoms. The standard InChI is InChI=1S/C15H23ClN2O2/c1-20-15-6-2-5-14(16)13(15)11-18(8-9-19)10-12-4-3-7-17-12/h2,5-6,12,17,19H,3-4,7-11H2,1H3. The lowest BCUT2D eigenvalue weighted by molar-refractivity contribution is 0.178. The fourth-order valence-corrected chi connectivity index (χ4v) is 2.93. The van der Waals surface area contributed by atoms with Gasteiger partial charge in [-0.2, -0.15) is 0 Å². The summed E-state index contributed by atoms with van der Waals surface area (Å²) in [5, 5.41) is 13.5. The summed E-state index contributed by atoms with van der Waals surface area (Å²) in [4.78, 5) is 2.23. The van der Waals surface area contributed by atoms with Gasteiger partial charge in [0.2, 0.25) is 0 Å². The van der Waals surface area contributed by atoms with Crippen molar-refractivity contribution in [2.24, 2.45) is 0 Å². The minimum atomic E-state index is 0.152. The highest BCUT2D eigenvalue weighted by Crippen LogP contribution is 2.27. The Balaban J connectivity index is 2.06. The van der Waals surface area contributed by atoms with Crippen molar-refractivity contribution in [3.05, 3.63) is 28.8 Å². The van der Waals surface area contributed by atoms with Gasteiger partial charge in [0.25, 0.3) is 0 Å². The predicted molar refractivity (Wildman–Crippen MR) is 81.4 cm³/mol. The molecule has 0 aliphatic carbocycles. The first-order chi connectivity index (χ1) is 9.74. The monoisotopic (exact) mass is 298 g/mol. The van der Waals surface area contributed by atoms with E-state index in [9.17, 15) is 5.11 Å². The average Bonchev–Trinajstić information content (AvgIpc) is 2.94. The zero-order valence-corrected chi connectivity index (χ0v) is 12.7. The number of ether oxygens (including phenoxy) is 1. The summed E-state index contributed by atoms with van der Waals surface area (Å²) in [5.41, 5.74) is 0.989. The number of aliphatic hydroxyl groups is 1. The maximum atomic E-state index is 9.26. The van der Waals surface area contributed by atoms with E-state index >= 15 is 0 Å². The molecule has 1 unspecified atom stereocenters. The van der Waals surface area contributed by atoms with Gasteiger partial charge < -0.3 is 15.2 Å². The second-order valence-electron chi connectivity index (χ2n) is 5.17. The Morgan fingerprint density at radius 2 is 2.35 bits per heavy atom. The van der Waals surface area contributed by atoms with Gasteiger partial charge in [-0.05, 0) is 31.5 Å². The van der Waals surface area contributed by atoms with Crippen LogP contribution in [0.4, 0.5) is 0 Å². The third-order valence-electron chi connectivity index (χ3n) is 3.73. The van der Waals surface area contributed by atoms with Crippen LogP contribution in [0.3, 0.4) is 0 Å². The molecule has 0 spiro atoms. The predicted octanol–water partition coefficient (Wildman–Crippen LogP) is 1.89. The summed E-state index contributed by atoms with van der Waals surface area (Å²) in [7, 11) is 1.66. The largest absolute Gasteiger partial charge is 0.496 e. The number of methoxy groups -OCH3 is 1. The van der Waals surface area contributed by atoms with Crippen molar-refractivity contribution < 1.29 is 9.84 Å². The van der Waals surface area contributed by atoms with Crippen LogP contribution in [0.15, 0.2) is 18.2 Å². The maximum absolute atomic E-state index is 9.26. The molecule has 20 heavy (non-hydrogen) atoms. The minimum Gasteiger partial charge on any atom is -0.496 e. The van der Waals surface area contributed by atoms with E-state index in [1.807, 2.05) is 18.2 Å². The van der Waals surface area contributed by atoms with E-state index in [1.54, 1.807) is 7.11 Å². The molecule has 112 valence electrons. The average molecular weight is 299 g/mol. The van der Waals surface area contributed by atoms with Gasteiger partial charge in [0.15, 0.2) is 0 Å². The van der Waals surface area contributed by atoms with Crippen LogP contribution in [-0.4, -0.2) is 49.4 Å². The van der Waals surface area contributed by atoms with Gasteiger partial charge in [-0.15, -0.1) is 0 Å². The molecule has 1 aromatic carbocycles. The molecule has 0 bridgehead atoms. The van der Waals surface area contributed by atoms with E-state index in [0.717, 1.165) is 24.4 Å². The number of benzene rings is 1. The van der Waals surface area contributed by atoms with Crippen molar-refractivity contribution in [2.75, 3.05) is 33.4 Å². The van der Waals surface area contributed by atoms with E-state index in [2.05, 4.69) is 10.2 Å². The molecule has 1 fully saturated rings. The second kappa shape index (κ2) is 7.84. The molecule has 1 aliphatic rings. The van der Waals surface area contributed by atoms with Crippen LogP contribution in [0.2, 0.25) is 5.02 Å². The molecule has 1 saturated heterocycles. The zero-order chi connectivity index (χ0) is 14.4. The zero-order valence-electron chi connectivity index (χ0n) is 11.9. The Morgan fingerprint density at radius 3 is 3.00 bits per heavy atom. The van der Waals surface area contributed by atoms with E-state index < -0.39 is 0 Å². The normalized spacial score (nSPS) is 18.7. The summed E-state index contributed by atoms with van der Waals surface area (Å²) in [6.07, 6.45) is 2.43. The van der Waals surface area contributed by atoms with Gasteiger partial charge in [0.1, 0.15) is 5.75 Å². The SMILES string of the molecule is COc1cccc(Cl)c1CN(CCO)CC1CCCN1. The molecule has 2 rings (SSSR count). The number of rotatable bonds is 7. The van der Waals surface area contributed by atoms with Crippen LogP contribution < -0.4 is 10.1 Å². The van der Waals surface area contributed by atoms with E-state index in [4.69, 9.17) is 16.3 Å². The highest BCUT2D eigenvalue weighted by Gasteiger charge is 2.19. The molecule has 2 N–H and O–H groups in total. The van der Waals surface area contributed by atoms with E-state index in [0.29, 0.717) is 24.2 Å². The molecule has 1 aliphatic heterocycles. The quantitative estimate of drug-likeness (QED) is 0.807. The highest BCUT2D eigenvalue weighted by atomic mass is 35.5. The van der Waals surface area contributed by atoms with Crippen LogP contribution in [-0.2, 0) is 6.54 Å². The molecule has 0 saturated carbocycles. The fourth-order valence-electron chi connectivity index (χ4n) is 2.71. The van der Waals surface area contributed by atoms with Gasteiger partial charge in [-0.25, -0.2) is 0 Å². The van der Waals surface area contributed by atoms with Crippen molar-refractivity contribution in [3.8, 4) is 5.75 Å². The summed E-state index contributed by atoms with van der Waals surface area (Å²) >= 11 is 6.28. The lowest BCUT2D eigenvalue weighted by atomic mass is 10.1. The Labute approximate surface area is 125 Å². The van der Waals surface area contributed by atoms with Gasteiger partial charge in [0.05, 0.1) is 13.7 Å². The lowest BCUT2D eigenvalue weighted by Gasteiger charge is -2.26. The second-order valence-corrected chi connectivity index (χ2v) is 5.58. The molecule has 1 heterocycles. The van der Waals surface area contributed by atoms with Crippen molar-refractivity contribution in [1.29, 1.82) is 0 Å². The first-order valence-electron chi connectivity index (χ1n) is 7.12. The Hall–Kier alpha value is -0.810. The summed E-state index contributed by atoms with van der Waals surface area (Å²) in [6.45, 7) is 3.51. The van der Waals surface area contributed by atoms with Gasteiger partial charge in [-0.1, -0.05) is 17.7 Å². The number of hydrogen-bond acceptors (Lipinski definition) is 4. The van der Waals surface area contributed by atoms with E-state index in [-0.39, 0.29) is 6.61 Å². The molecule has 0 amide bonds. The van der Waals surface area contributed by atoms with Crippen molar-refractivity contribution in [1.82, 2.24) is 10.2 Å². The highest BCUT2D eigenvalue weighted by molar-refractivity contribution is 6.31. The Kier molecular flexibility index (Phi) is 6.10. The minimum absolute atomic E-state index is 0.152. The Morgan fingerprint density at radius 1 is 1.50 bits per heavy atom. The van der Waals surface area contributed by atoms with Crippen LogP contribution in [0.1, 0.15) is 18.4 Å². The summed E-state index contributed by atoms with van der Waals surface area (Å²) < 4.78 is 5.39. The van der Waals surface area contributed by atoms with Gasteiger partial charge in [-0.3, -0.25) is 4.90 Å². The number of nitrogens with one attached hydrogen (secondary N) is 1. The maximum Gasteiger partial charge on any atom is 0.124 e. The third kappa shape index (κ3) is 4.09. The van der Waals surface area contributed by atoms with Crippen LogP contribution in [0, 0.1) is 0 Å². The number of hydrogen-bond donors (Lipinski definition) is 2. The molecular weight excluding hydrogens is 276 g/mol. The van der Waals surface area contributed by atoms with Crippen molar-refractivity contribution >= 4 is 11.6 Å². The first kappa shape index (κ1) is 15.6. The molecule has 0 radical (unpaired) electrons. The summed E-state index contributed by atoms with van der Waals surface area (Å²) in [5.74, 6) is 0.805. The smallest absolute Gasteiger partial charge is 0.124 e.